The van der Waals surface area contributed by atoms with E-state index in [1.807, 2.05) is 13.8 Å². The van der Waals surface area contributed by atoms with Gasteiger partial charge in [-0.2, -0.15) is 0 Å². The fourth-order valence-electron chi connectivity index (χ4n) is 5.63. The van der Waals surface area contributed by atoms with Crippen LogP contribution in [0.4, 0.5) is 8.78 Å². The van der Waals surface area contributed by atoms with Gasteiger partial charge in [-0.3, -0.25) is 4.57 Å². The van der Waals surface area contributed by atoms with E-state index in [4.69, 9.17) is 47.2 Å². The normalized spacial score (nSPS) is 12.1. The van der Waals surface area contributed by atoms with Gasteiger partial charge in [-0.1, -0.05) is 47.5 Å². The van der Waals surface area contributed by atoms with Crippen molar-refractivity contribution in [1.82, 2.24) is 9.55 Å². The Balaban J connectivity index is 1.45. The molecule has 3 N–H and O–H groups in total. The molecule has 0 bridgehead atoms. The zero-order valence-electron chi connectivity index (χ0n) is 28.2. The van der Waals surface area contributed by atoms with Crippen LogP contribution in [0, 0.1) is 11.6 Å². The summed E-state index contributed by atoms with van der Waals surface area (Å²) in [6.07, 6.45) is 3.33. The molecule has 0 fully saturated rings. The summed E-state index contributed by atoms with van der Waals surface area (Å²) in [5.41, 5.74) is 0.444. The molecule has 268 valence electrons. The van der Waals surface area contributed by atoms with Crippen molar-refractivity contribution in [2.45, 2.75) is 56.8 Å². The van der Waals surface area contributed by atoms with Crippen molar-refractivity contribution in [1.29, 1.82) is 0 Å². The monoisotopic (exact) mass is 774 g/mol. The molecular formula is C37H35Cl2F2N2O6PS. The smallest absolute Gasteiger partial charge is 0.338 e. The number of esters is 1. The number of hydrogen-bond acceptors (Lipinski definition) is 8. The van der Waals surface area contributed by atoms with Crippen LogP contribution in [-0.4, -0.2) is 36.7 Å². The average molecular weight is 776 g/mol. The molecule has 14 heteroatoms. The number of nitrogens with zero attached hydrogens (tertiary/aromatic N) is 2. The Hall–Kier alpha value is -3.38. The summed E-state index contributed by atoms with van der Waals surface area (Å²) in [7, 11) is -2.55. The second-order valence-electron chi connectivity index (χ2n) is 12.7. The number of carbonyl (C=O) groups is 1. The maximum Gasteiger partial charge on any atom is 0.338 e. The largest absolute Gasteiger partial charge is 0.457 e. The van der Waals surface area contributed by atoms with Gasteiger partial charge >= 0.3 is 14.6 Å². The van der Waals surface area contributed by atoms with Gasteiger partial charge in [0.15, 0.2) is 0 Å². The third kappa shape index (κ3) is 8.64. The molecule has 1 heterocycles. The van der Waals surface area contributed by atoms with Crippen molar-refractivity contribution in [3.05, 3.63) is 134 Å². The second kappa shape index (κ2) is 15.7. The lowest BCUT2D eigenvalue weighted by Gasteiger charge is -2.28. The maximum atomic E-state index is 16.2. The van der Waals surface area contributed by atoms with E-state index in [0.29, 0.717) is 48.7 Å². The Morgan fingerprint density at radius 1 is 0.922 bits per heavy atom. The molecular weight excluding hydrogens is 740 g/mol. The fraction of sp³-hybridized carbons (Fsp3) is 0.243. The average Bonchev–Trinajstić information content (AvgIpc) is 3.53. The van der Waals surface area contributed by atoms with Crippen molar-refractivity contribution in [3.63, 3.8) is 0 Å². The van der Waals surface area contributed by atoms with Crippen LogP contribution >= 0.6 is 43.6 Å². The number of rotatable bonds is 12. The van der Waals surface area contributed by atoms with Crippen LogP contribution in [0.3, 0.4) is 0 Å². The topological polar surface area (TPSA) is 114 Å². The Morgan fingerprint density at radius 3 is 2.22 bits per heavy atom. The summed E-state index contributed by atoms with van der Waals surface area (Å²) in [5.74, 6) is -1.57. The zero-order valence-corrected chi connectivity index (χ0v) is 31.5. The van der Waals surface area contributed by atoms with Crippen molar-refractivity contribution in [2.24, 2.45) is 0 Å². The Morgan fingerprint density at radius 2 is 1.59 bits per heavy atom. The zero-order chi connectivity index (χ0) is 37.2. The summed E-state index contributed by atoms with van der Waals surface area (Å²) >= 11 is 14.4. The Labute approximate surface area is 310 Å². The van der Waals surface area contributed by atoms with E-state index >= 15 is 8.78 Å². The number of hydrogen-bond donors (Lipinski definition) is 3. The minimum Gasteiger partial charge on any atom is -0.457 e. The van der Waals surface area contributed by atoms with E-state index in [1.54, 1.807) is 79.4 Å². The molecule has 0 radical (unpaired) electrons. The van der Waals surface area contributed by atoms with Crippen LogP contribution in [-0.2, 0) is 33.5 Å². The van der Waals surface area contributed by atoms with Gasteiger partial charge in [0, 0.05) is 32.3 Å². The third-order valence-corrected chi connectivity index (χ3v) is 10.0. The van der Waals surface area contributed by atoms with Gasteiger partial charge in [0.2, 0.25) is 0 Å². The minimum atomic E-state index is -2.55. The number of carbonyl (C=O) groups excluding carboxylic acids is 1. The minimum absolute atomic E-state index is 0.116. The molecule has 1 aromatic heterocycles. The van der Waals surface area contributed by atoms with Crippen LogP contribution in [0.25, 0.3) is 16.8 Å². The highest BCUT2D eigenvalue weighted by Crippen LogP contribution is 2.42. The Kier molecular flexibility index (Phi) is 12.0. The second-order valence-corrected chi connectivity index (χ2v) is 15.1. The maximum absolute atomic E-state index is 16.2. The van der Waals surface area contributed by atoms with Gasteiger partial charge in [0.1, 0.15) is 29.7 Å². The molecule has 0 aliphatic heterocycles. The predicted octanol–water partition coefficient (Wildman–Crippen LogP) is 9.48. The molecule has 0 unspecified atom stereocenters. The molecule has 5 aromatic rings. The van der Waals surface area contributed by atoms with Crippen molar-refractivity contribution >= 4 is 49.5 Å². The molecule has 0 amide bonds. The van der Waals surface area contributed by atoms with Gasteiger partial charge in [0.05, 0.1) is 29.0 Å². The van der Waals surface area contributed by atoms with Crippen molar-refractivity contribution < 1.29 is 37.7 Å². The van der Waals surface area contributed by atoms with E-state index < -0.39 is 37.2 Å². The van der Waals surface area contributed by atoms with Crippen molar-refractivity contribution in [3.8, 4) is 16.8 Å². The molecule has 51 heavy (non-hydrogen) atoms. The summed E-state index contributed by atoms with van der Waals surface area (Å²) in [5, 5.41) is 11.7. The highest BCUT2D eigenvalue weighted by atomic mass is 35.5. The molecule has 0 saturated carbocycles. The van der Waals surface area contributed by atoms with Gasteiger partial charge in [-0.15, -0.1) is 11.8 Å². The first-order valence-corrected chi connectivity index (χ1v) is 18.7. The van der Waals surface area contributed by atoms with Crippen LogP contribution in [0.2, 0.25) is 10.0 Å². The van der Waals surface area contributed by atoms with Crippen LogP contribution in [0.5, 0.6) is 0 Å². The summed E-state index contributed by atoms with van der Waals surface area (Å²) in [6, 6.07) is 18.9. The van der Waals surface area contributed by atoms with E-state index in [9.17, 15) is 9.90 Å². The number of aromatic nitrogens is 2. The molecule has 0 aliphatic rings. The van der Waals surface area contributed by atoms with Crippen molar-refractivity contribution in [2.75, 3.05) is 6.26 Å². The van der Waals surface area contributed by atoms with Gasteiger partial charge in [-0.05, 0) is 99.2 Å². The predicted molar refractivity (Wildman–Crippen MR) is 196 cm³/mol. The standard InChI is InChI=1S/C37H35Cl2F2N2O6PS/c1-36(2,33-26(38)10-7-11-27(33)39)35-42-32(37(3,4)45)18-43(35)30-13-12-22(15-29(30)41)24-16-28(40)25(31(17-24)51-5)20-48-34(44)23-9-6-8-21(14-23)19-49-50(46)47/h6-18,45-47H,19-20H2,1-5H3. The lowest BCUT2D eigenvalue weighted by Crippen LogP contribution is -2.25. The highest BCUT2D eigenvalue weighted by Gasteiger charge is 2.36. The molecule has 0 saturated heterocycles. The summed E-state index contributed by atoms with van der Waals surface area (Å²) in [4.78, 5) is 36.0. The van der Waals surface area contributed by atoms with Crippen LogP contribution < -0.4 is 0 Å². The summed E-state index contributed by atoms with van der Waals surface area (Å²) < 4.78 is 43.6. The van der Waals surface area contributed by atoms with E-state index in [1.165, 1.54) is 36.0 Å². The van der Waals surface area contributed by atoms with E-state index in [0.717, 1.165) is 0 Å². The first kappa shape index (κ1) is 38.8. The third-order valence-electron chi connectivity index (χ3n) is 8.25. The molecule has 0 aliphatic carbocycles. The van der Waals surface area contributed by atoms with Gasteiger partial charge in [-0.25, -0.2) is 18.6 Å². The fourth-order valence-corrected chi connectivity index (χ4v) is 7.41. The van der Waals surface area contributed by atoms with Crippen LogP contribution in [0.15, 0.2) is 83.9 Å². The lowest BCUT2D eigenvalue weighted by molar-refractivity contribution is 0.0465. The Bertz CT molecular complexity index is 2070. The first-order valence-electron chi connectivity index (χ1n) is 15.5. The summed E-state index contributed by atoms with van der Waals surface area (Å²) in [6.45, 7) is 6.43. The first-order chi connectivity index (χ1) is 24.0. The molecule has 0 spiro atoms. The number of aliphatic hydroxyl groups is 1. The van der Waals surface area contributed by atoms with Gasteiger partial charge in [0.25, 0.3) is 0 Å². The van der Waals surface area contributed by atoms with E-state index in [2.05, 4.69) is 0 Å². The van der Waals surface area contributed by atoms with Crippen LogP contribution in [0.1, 0.15) is 66.3 Å². The molecule has 5 rings (SSSR count). The van der Waals surface area contributed by atoms with Gasteiger partial charge < -0.3 is 24.2 Å². The number of ether oxygens (including phenoxy) is 1. The number of benzene rings is 4. The number of thioether (sulfide) groups is 1. The number of imidazole rings is 1. The quantitative estimate of drug-likeness (QED) is 0.0653. The SMILES string of the molecule is CSc1cc(-c2ccc(-n3cc(C(C)(C)O)nc3C(C)(C)c3c(Cl)cccc3Cl)c(F)c2)cc(F)c1COC(=O)c1cccc(COP(O)O)c1. The molecule has 4 aromatic carbocycles. The molecule has 0 atom stereocenters. The number of halogens is 4. The highest BCUT2D eigenvalue weighted by molar-refractivity contribution is 7.98. The molecule has 8 nitrogen and oxygen atoms in total. The van der Waals surface area contributed by atoms with E-state index in [-0.39, 0.29) is 30.0 Å². The lowest BCUT2D eigenvalue weighted by atomic mass is 9.83.